The van der Waals surface area contributed by atoms with Gasteiger partial charge in [-0.2, -0.15) is 0 Å². The molecule has 0 aliphatic carbocycles. The van der Waals surface area contributed by atoms with Crippen LogP contribution in [0.25, 0.3) is 0 Å². The number of hydrogen-bond acceptors (Lipinski definition) is 2. The van der Waals surface area contributed by atoms with E-state index in [4.69, 9.17) is 10.2 Å². The Labute approximate surface area is 187 Å². The first-order valence-corrected chi connectivity index (χ1v) is 13.2. The number of aliphatic hydroxyl groups is 1. The predicted octanol–water partition coefficient (Wildman–Crippen LogP) is 8.59. The van der Waals surface area contributed by atoms with E-state index in [0.29, 0.717) is 13.0 Å². The van der Waals surface area contributed by atoms with Gasteiger partial charge in [0.05, 0.1) is 0 Å². The molecule has 30 heavy (non-hydrogen) atoms. The number of rotatable bonds is 25. The number of carboxylic acids is 1. The highest BCUT2D eigenvalue weighted by molar-refractivity contribution is 5.66. The molecule has 0 atom stereocenters. The molecule has 0 aliphatic heterocycles. The second-order valence-corrected chi connectivity index (χ2v) is 8.99. The third kappa shape index (κ3) is 27.2. The second kappa shape index (κ2) is 26.2. The van der Waals surface area contributed by atoms with Crippen molar-refractivity contribution in [1.29, 1.82) is 0 Å². The zero-order chi connectivity index (χ0) is 22.0. The molecule has 0 spiro atoms. The number of hydrogen-bond donors (Lipinski definition) is 2. The highest BCUT2D eigenvalue weighted by atomic mass is 16.4. The zero-order valence-corrected chi connectivity index (χ0v) is 19.9. The van der Waals surface area contributed by atoms with Crippen molar-refractivity contribution in [1.82, 2.24) is 0 Å². The van der Waals surface area contributed by atoms with E-state index in [0.717, 1.165) is 19.3 Å². The molecular formula is C27H52O3. The van der Waals surface area contributed by atoms with Gasteiger partial charge in [-0.15, -0.1) is 0 Å². The molecule has 0 aromatic carbocycles. The Morgan fingerprint density at radius 1 is 0.467 bits per heavy atom. The van der Waals surface area contributed by atoms with Gasteiger partial charge in [0, 0.05) is 13.0 Å². The average Bonchev–Trinajstić information content (AvgIpc) is 2.73. The van der Waals surface area contributed by atoms with Crippen molar-refractivity contribution in [2.24, 2.45) is 0 Å². The lowest BCUT2D eigenvalue weighted by Gasteiger charge is -2.02. The zero-order valence-electron chi connectivity index (χ0n) is 19.9. The van der Waals surface area contributed by atoms with E-state index in [1.165, 1.54) is 122 Å². The fourth-order valence-electron chi connectivity index (χ4n) is 3.98. The molecule has 3 nitrogen and oxygen atoms in total. The number of carbonyl (C=O) groups is 1. The Hall–Kier alpha value is -0.830. The van der Waals surface area contributed by atoms with Crippen molar-refractivity contribution >= 4 is 5.97 Å². The highest BCUT2D eigenvalue weighted by Crippen LogP contribution is 2.13. The molecule has 0 rings (SSSR count). The summed E-state index contributed by atoms with van der Waals surface area (Å²) < 4.78 is 0. The Bertz CT molecular complexity index is 365. The van der Waals surface area contributed by atoms with Gasteiger partial charge in [-0.1, -0.05) is 115 Å². The summed E-state index contributed by atoms with van der Waals surface area (Å²) in [6.45, 7) is 0.357. The lowest BCUT2D eigenvalue weighted by Crippen LogP contribution is -1.93. The maximum atomic E-state index is 10.4. The first kappa shape index (κ1) is 29.2. The van der Waals surface area contributed by atoms with Gasteiger partial charge in [0.2, 0.25) is 0 Å². The minimum absolute atomic E-state index is 0.335. The predicted molar refractivity (Wildman–Crippen MR) is 130 cm³/mol. The third-order valence-corrected chi connectivity index (χ3v) is 5.96. The van der Waals surface area contributed by atoms with Crippen LogP contribution in [0.5, 0.6) is 0 Å². The fraction of sp³-hybridized carbons (Fsp3) is 0.889. The maximum Gasteiger partial charge on any atom is 0.303 e. The molecule has 0 aromatic rings. The summed E-state index contributed by atoms with van der Waals surface area (Å²) >= 11 is 0. The largest absolute Gasteiger partial charge is 0.481 e. The Balaban J connectivity index is 3.08. The van der Waals surface area contributed by atoms with Gasteiger partial charge in [-0.25, -0.2) is 0 Å². The average molecular weight is 425 g/mol. The van der Waals surface area contributed by atoms with Crippen LogP contribution in [-0.2, 0) is 4.79 Å². The van der Waals surface area contributed by atoms with Crippen LogP contribution in [0.2, 0.25) is 0 Å². The van der Waals surface area contributed by atoms with Crippen LogP contribution in [0.3, 0.4) is 0 Å². The van der Waals surface area contributed by atoms with Crippen LogP contribution in [0.15, 0.2) is 12.2 Å². The van der Waals surface area contributed by atoms with Crippen LogP contribution in [0.4, 0.5) is 0 Å². The van der Waals surface area contributed by atoms with Crippen molar-refractivity contribution in [3.63, 3.8) is 0 Å². The van der Waals surface area contributed by atoms with Crippen molar-refractivity contribution in [3.05, 3.63) is 12.2 Å². The van der Waals surface area contributed by atoms with Crippen LogP contribution < -0.4 is 0 Å². The van der Waals surface area contributed by atoms with E-state index in [1.807, 2.05) is 0 Å². The van der Waals surface area contributed by atoms with Crippen molar-refractivity contribution in [2.45, 2.75) is 148 Å². The van der Waals surface area contributed by atoms with E-state index in [9.17, 15) is 4.79 Å². The van der Waals surface area contributed by atoms with Gasteiger partial charge in [0.25, 0.3) is 0 Å². The minimum Gasteiger partial charge on any atom is -0.481 e. The molecule has 0 saturated heterocycles. The summed E-state index contributed by atoms with van der Waals surface area (Å²) in [5.74, 6) is -0.660. The van der Waals surface area contributed by atoms with Gasteiger partial charge < -0.3 is 10.2 Å². The van der Waals surface area contributed by atoms with Crippen molar-refractivity contribution in [3.8, 4) is 0 Å². The first-order valence-electron chi connectivity index (χ1n) is 13.2. The molecule has 178 valence electrons. The Kier molecular flexibility index (Phi) is 25.5. The molecule has 0 aromatic heterocycles. The molecule has 0 aliphatic rings. The molecule has 2 N–H and O–H groups in total. The summed E-state index contributed by atoms with van der Waals surface area (Å²) in [4.78, 5) is 10.4. The van der Waals surface area contributed by atoms with E-state index in [-0.39, 0.29) is 0 Å². The van der Waals surface area contributed by atoms with Crippen LogP contribution in [0, 0.1) is 0 Å². The quantitative estimate of drug-likeness (QED) is 0.114. The molecule has 0 bridgehead atoms. The summed E-state index contributed by atoms with van der Waals surface area (Å²) in [5.41, 5.74) is 0. The van der Waals surface area contributed by atoms with Crippen molar-refractivity contribution in [2.75, 3.05) is 6.61 Å². The number of aliphatic carboxylic acids is 1. The summed E-state index contributed by atoms with van der Waals surface area (Å²) in [7, 11) is 0. The molecule has 0 heterocycles. The molecule has 0 saturated carbocycles. The summed E-state index contributed by atoms with van der Waals surface area (Å²) in [5, 5.41) is 17.3. The maximum absolute atomic E-state index is 10.4. The van der Waals surface area contributed by atoms with Crippen LogP contribution >= 0.6 is 0 Å². The monoisotopic (exact) mass is 424 g/mol. The fourth-order valence-corrected chi connectivity index (χ4v) is 3.98. The lowest BCUT2D eigenvalue weighted by molar-refractivity contribution is -0.137. The molecular weight excluding hydrogens is 372 g/mol. The second-order valence-electron chi connectivity index (χ2n) is 8.99. The summed E-state index contributed by atoms with van der Waals surface area (Å²) in [6.07, 6.45) is 33.2. The Morgan fingerprint density at radius 3 is 1.10 bits per heavy atom. The highest BCUT2D eigenvalue weighted by Gasteiger charge is 1.97. The summed E-state index contributed by atoms with van der Waals surface area (Å²) in [6, 6.07) is 0. The van der Waals surface area contributed by atoms with E-state index in [1.54, 1.807) is 0 Å². The SMILES string of the molecule is O=C(O)CCCCCCCCCCC/C=C/CCCCCCCCCCCCCO. The normalized spacial score (nSPS) is 11.5. The van der Waals surface area contributed by atoms with Crippen LogP contribution in [-0.4, -0.2) is 22.8 Å². The molecule has 3 heteroatoms. The number of unbranched alkanes of at least 4 members (excludes halogenated alkanes) is 20. The minimum atomic E-state index is -0.660. The van der Waals surface area contributed by atoms with E-state index in [2.05, 4.69) is 12.2 Å². The third-order valence-electron chi connectivity index (χ3n) is 5.96. The number of carboxylic acid groups (broad SMARTS) is 1. The van der Waals surface area contributed by atoms with Gasteiger partial charge in [0.1, 0.15) is 0 Å². The number of allylic oxidation sites excluding steroid dienone is 2. The molecule has 0 unspecified atom stereocenters. The standard InChI is InChI=1S/C27H52O3/c28-26-24-22-20-18-16-14-12-10-8-6-4-2-1-3-5-7-9-11-13-15-17-19-21-23-25-27(29)30/h1,3,28H,2,4-26H2,(H,29,30)/b3-1+. The van der Waals surface area contributed by atoms with Gasteiger partial charge in [-0.3, -0.25) is 4.79 Å². The van der Waals surface area contributed by atoms with Gasteiger partial charge in [0.15, 0.2) is 0 Å². The lowest BCUT2D eigenvalue weighted by atomic mass is 10.0. The first-order chi connectivity index (χ1) is 14.8. The Morgan fingerprint density at radius 2 is 0.767 bits per heavy atom. The van der Waals surface area contributed by atoms with Crippen molar-refractivity contribution < 1.29 is 15.0 Å². The van der Waals surface area contributed by atoms with Crippen LogP contribution in [0.1, 0.15) is 148 Å². The molecule has 0 fully saturated rings. The molecule has 0 radical (unpaired) electrons. The molecule has 0 amide bonds. The van der Waals surface area contributed by atoms with E-state index >= 15 is 0 Å². The van der Waals surface area contributed by atoms with Gasteiger partial charge >= 0.3 is 5.97 Å². The topological polar surface area (TPSA) is 57.5 Å². The number of aliphatic hydroxyl groups excluding tert-OH is 1. The van der Waals surface area contributed by atoms with E-state index < -0.39 is 5.97 Å². The smallest absolute Gasteiger partial charge is 0.303 e. The van der Waals surface area contributed by atoms with Gasteiger partial charge in [-0.05, 0) is 38.5 Å².